The summed E-state index contributed by atoms with van der Waals surface area (Å²) in [5, 5.41) is 18.2. The number of phenolic OH excluding ortho intramolecular Hbond substituents is 1. The van der Waals surface area contributed by atoms with Gasteiger partial charge in [0.2, 0.25) is 0 Å². The third-order valence-electron chi connectivity index (χ3n) is 2.39. The second-order valence-corrected chi connectivity index (χ2v) is 3.31. The summed E-state index contributed by atoms with van der Waals surface area (Å²) in [6, 6.07) is 5.20. The van der Waals surface area contributed by atoms with Crippen molar-refractivity contribution in [3.05, 3.63) is 35.4 Å². The number of rotatable bonds is 2. The van der Waals surface area contributed by atoms with Gasteiger partial charge in [0.15, 0.2) is 0 Å². The lowest BCUT2D eigenvalue weighted by Crippen LogP contribution is -1.95. The first-order valence-electron chi connectivity index (χ1n) is 4.40. The predicted molar refractivity (Wildman–Crippen MR) is 52.0 cm³/mol. The second kappa shape index (κ2) is 3.18. The predicted octanol–water partition coefficient (Wildman–Crippen LogP) is 1.81. The van der Waals surface area contributed by atoms with Crippen molar-refractivity contribution in [1.82, 2.24) is 0 Å². The Bertz CT molecular complexity index is 419. The third kappa shape index (κ3) is 1.37. The lowest BCUT2D eigenvalue weighted by atomic mass is 10.0. The number of allylic oxidation sites excluding steroid dienone is 1. The number of aromatic hydroxyl groups is 1. The van der Waals surface area contributed by atoms with Crippen LogP contribution in [0.15, 0.2) is 24.3 Å². The molecule has 0 radical (unpaired) electrons. The fourth-order valence-corrected chi connectivity index (χ4v) is 1.76. The molecule has 0 unspecified atom stereocenters. The zero-order valence-electron chi connectivity index (χ0n) is 7.53. The Morgan fingerprint density at radius 1 is 1.43 bits per heavy atom. The number of carbonyl (C=O) groups is 1. The summed E-state index contributed by atoms with van der Waals surface area (Å²) in [5.74, 6) is -0.591. The Kier molecular flexibility index (Phi) is 2.00. The van der Waals surface area contributed by atoms with Gasteiger partial charge in [-0.25, -0.2) is 0 Å². The lowest BCUT2D eigenvalue weighted by Gasteiger charge is -2.04. The molecule has 1 aromatic rings. The van der Waals surface area contributed by atoms with Crippen molar-refractivity contribution in [2.45, 2.75) is 12.8 Å². The zero-order valence-corrected chi connectivity index (χ0v) is 7.53. The quantitative estimate of drug-likeness (QED) is 0.747. The highest BCUT2D eigenvalue weighted by molar-refractivity contribution is 5.87. The molecular formula is C11H10O3. The number of carboxylic acid groups (broad SMARTS) is 1. The standard InChI is InChI=1S/C11H10O3/c12-10-3-1-2-8-7(6-11(13)14)4-5-9(8)10/h1-4,12H,5-6H2,(H,13,14). The van der Waals surface area contributed by atoms with Crippen molar-refractivity contribution in [1.29, 1.82) is 0 Å². The molecule has 1 aliphatic rings. The van der Waals surface area contributed by atoms with Gasteiger partial charge in [-0.1, -0.05) is 18.2 Å². The van der Waals surface area contributed by atoms with Crippen molar-refractivity contribution in [2.24, 2.45) is 0 Å². The van der Waals surface area contributed by atoms with Crippen molar-refractivity contribution in [3.8, 4) is 5.75 Å². The topological polar surface area (TPSA) is 57.5 Å². The highest BCUT2D eigenvalue weighted by Gasteiger charge is 2.18. The molecule has 1 aromatic carbocycles. The van der Waals surface area contributed by atoms with Crippen LogP contribution < -0.4 is 0 Å². The number of benzene rings is 1. The minimum Gasteiger partial charge on any atom is -0.508 e. The van der Waals surface area contributed by atoms with Gasteiger partial charge in [-0.3, -0.25) is 4.79 Å². The van der Waals surface area contributed by atoms with Crippen LogP contribution in [0.1, 0.15) is 17.5 Å². The summed E-state index contributed by atoms with van der Waals surface area (Å²) in [6.07, 6.45) is 2.51. The Labute approximate surface area is 81.3 Å². The molecule has 0 saturated heterocycles. The van der Waals surface area contributed by atoms with Gasteiger partial charge < -0.3 is 10.2 Å². The Hall–Kier alpha value is -1.77. The molecule has 1 aliphatic carbocycles. The molecule has 0 spiro atoms. The van der Waals surface area contributed by atoms with Gasteiger partial charge in [0.05, 0.1) is 6.42 Å². The van der Waals surface area contributed by atoms with E-state index in [0.29, 0.717) is 6.42 Å². The number of phenols is 1. The van der Waals surface area contributed by atoms with Crippen LogP contribution in [-0.2, 0) is 11.2 Å². The van der Waals surface area contributed by atoms with Gasteiger partial charge in [-0.05, 0) is 23.6 Å². The summed E-state index contributed by atoms with van der Waals surface area (Å²) < 4.78 is 0. The van der Waals surface area contributed by atoms with Crippen molar-refractivity contribution >= 4 is 11.5 Å². The first-order chi connectivity index (χ1) is 6.68. The lowest BCUT2D eigenvalue weighted by molar-refractivity contribution is -0.135. The molecule has 0 aliphatic heterocycles. The largest absolute Gasteiger partial charge is 0.508 e. The van der Waals surface area contributed by atoms with E-state index >= 15 is 0 Å². The third-order valence-corrected chi connectivity index (χ3v) is 2.39. The van der Waals surface area contributed by atoms with Crippen LogP contribution in [0.5, 0.6) is 5.75 Å². The van der Waals surface area contributed by atoms with Gasteiger partial charge >= 0.3 is 5.97 Å². The second-order valence-electron chi connectivity index (χ2n) is 3.31. The molecule has 3 heteroatoms. The van der Waals surface area contributed by atoms with Gasteiger partial charge in [0.1, 0.15) is 5.75 Å². The molecule has 2 N–H and O–H groups in total. The van der Waals surface area contributed by atoms with E-state index in [1.54, 1.807) is 12.1 Å². The van der Waals surface area contributed by atoms with Gasteiger partial charge in [-0.2, -0.15) is 0 Å². The number of carboxylic acids is 1. The number of hydrogen-bond donors (Lipinski definition) is 2. The fraction of sp³-hybridized carbons (Fsp3) is 0.182. The molecule has 0 aromatic heterocycles. The highest BCUT2D eigenvalue weighted by atomic mass is 16.4. The molecule has 0 fully saturated rings. The van der Waals surface area contributed by atoms with E-state index in [9.17, 15) is 9.90 Å². The fourth-order valence-electron chi connectivity index (χ4n) is 1.76. The summed E-state index contributed by atoms with van der Waals surface area (Å²) in [7, 11) is 0. The summed E-state index contributed by atoms with van der Waals surface area (Å²) >= 11 is 0. The van der Waals surface area contributed by atoms with Gasteiger partial charge in [0, 0.05) is 5.56 Å². The number of hydrogen-bond acceptors (Lipinski definition) is 2. The number of aliphatic carboxylic acids is 1. The SMILES string of the molecule is O=C(O)CC1=CCc2c(O)cccc21. The average Bonchev–Trinajstić information content (AvgIpc) is 2.49. The zero-order chi connectivity index (χ0) is 10.1. The van der Waals surface area contributed by atoms with E-state index in [0.717, 1.165) is 16.7 Å². The molecule has 0 atom stereocenters. The minimum atomic E-state index is -0.840. The Morgan fingerprint density at radius 2 is 2.21 bits per heavy atom. The first-order valence-corrected chi connectivity index (χ1v) is 4.40. The molecule has 0 amide bonds. The van der Waals surface area contributed by atoms with Crippen LogP contribution in [0, 0.1) is 0 Å². The average molecular weight is 190 g/mol. The smallest absolute Gasteiger partial charge is 0.307 e. The van der Waals surface area contributed by atoms with Crippen LogP contribution in [0.2, 0.25) is 0 Å². The van der Waals surface area contributed by atoms with Crippen molar-refractivity contribution in [3.63, 3.8) is 0 Å². The van der Waals surface area contributed by atoms with E-state index in [1.165, 1.54) is 0 Å². The van der Waals surface area contributed by atoms with E-state index in [-0.39, 0.29) is 12.2 Å². The van der Waals surface area contributed by atoms with Crippen molar-refractivity contribution in [2.75, 3.05) is 0 Å². The summed E-state index contributed by atoms with van der Waals surface area (Å²) in [4.78, 5) is 10.5. The number of fused-ring (bicyclic) bond motifs is 1. The van der Waals surface area contributed by atoms with E-state index < -0.39 is 5.97 Å². The molecule has 14 heavy (non-hydrogen) atoms. The monoisotopic (exact) mass is 190 g/mol. The summed E-state index contributed by atoms with van der Waals surface area (Å²) in [5.41, 5.74) is 2.50. The summed E-state index contributed by atoms with van der Waals surface area (Å²) in [6.45, 7) is 0. The molecule has 2 rings (SSSR count). The molecule has 0 heterocycles. The molecule has 72 valence electrons. The Morgan fingerprint density at radius 3 is 2.93 bits per heavy atom. The molecule has 0 bridgehead atoms. The maximum Gasteiger partial charge on any atom is 0.307 e. The van der Waals surface area contributed by atoms with Crippen LogP contribution >= 0.6 is 0 Å². The first kappa shape index (κ1) is 8.81. The van der Waals surface area contributed by atoms with Crippen molar-refractivity contribution < 1.29 is 15.0 Å². The van der Waals surface area contributed by atoms with Crippen LogP contribution in [0.3, 0.4) is 0 Å². The maximum absolute atomic E-state index is 10.5. The maximum atomic E-state index is 10.5. The highest BCUT2D eigenvalue weighted by Crippen LogP contribution is 2.34. The van der Waals surface area contributed by atoms with Crippen LogP contribution in [-0.4, -0.2) is 16.2 Å². The minimum absolute atomic E-state index is 0.0243. The van der Waals surface area contributed by atoms with Gasteiger partial charge in [0.25, 0.3) is 0 Å². The van der Waals surface area contributed by atoms with E-state index in [1.807, 2.05) is 12.1 Å². The van der Waals surface area contributed by atoms with Crippen LogP contribution in [0.4, 0.5) is 0 Å². The van der Waals surface area contributed by atoms with E-state index in [4.69, 9.17) is 5.11 Å². The van der Waals surface area contributed by atoms with Crippen LogP contribution in [0.25, 0.3) is 5.57 Å². The molecular weight excluding hydrogens is 180 g/mol. The molecule has 0 saturated carbocycles. The Balaban J connectivity index is 2.37. The van der Waals surface area contributed by atoms with E-state index in [2.05, 4.69) is 0 Å². The molecule has 3 nitrogen and oxygen atoms in total. The normalized spacial score (nSPS) is 13.6. The van der Waals surface area contributed by atoms with Gasteiger partial charge in [-0.15, -0.1) is 0 Å².